The molecular weight excluding hydrogens is 759 g/mol. The van der Waals surface area contributed by atoms with Gasteiger partial charge in [-0.3, -0.25) is 0 Å². The Morgan fingerprint density at radius 2 is 0.952 bits per heavy atom. The molecule has 3 unspecified atom stereocenters. The predicted octanol–water partition coefficient (Wildman–Crippen LogP) is 16.7. The van der Waals surface area contributed by atoms with Crippen molar-refractivity contribution in [1.29, 1.82) is 0 Å². The number of benzene rings is 9. The van der Waals surface area contributed by atoms with E-state index in [1.54, 1.807) is 5.56 Å². The van der Waals surface area contributed by atoms with Crippen LogP contribution in [0.25, 0.3) is 66.4 Å². The summed E-state index contributed by atoms with van der Waals surface area (Å²) in [7, 11) is 0. The van der Waals surface area contributed by atoms with Gasteiger partial charge in [0.2, 0.25) is 0 Å². The van der Waals surface area contributed by atoms with Crippen molar-refractivity contribution in [3.05, 3.63) is 222 Å². The maximum atomic E-state index is 2.58. The summed E-state index contributed by atoms with van der Waals surface area (Å²) in [4.78, 5) is 2.49. The molecule has 0 amide bonds. The molecule has 9 aromatic carbocycles. The van der Waals surface area contributed by atoms with Gasteiger partial charge in [-0.05, 0) is 162 Å². The summed E-state index contributed by atoms with van der Waals surface area (Å²) in [6, 6.07) is 75.6. The van der Waals surface area contributed by atoms with Crippen LogP contribution < -0.4 is 4.90 Å². The second-order valence-electron chi connectivity index (χ2n) is 19.3. The fourth-order valence-electron chi connectivity index (χ4n) is 13.0. The van der Waals surface area contributed by atoms with Crippen LogP contribution in [0.4, 0.5) is 17.1 Å². The fourth-order valence-corrected chi connectivity index (χ4v) is 13.0. The highest BCUT2D eigenvalue weighted by Crippen LogP contribution is 2.66. The molecule has 4 aliphatic rings. The van der Waals surface area contributed by atoms with Gasteiger partial charge in [0.15, 0.2) is 0 Å². The van der Waals surface area contributed by atoms with Crippen LogP contribution in [0.2, 0.25) is 0 Å². The minimum absolute atomic E-state index is 0.0995. The number of nitrogens with zero attached hydrogens (tertiary/aromatic N) is 1. The molecule has 0 aliphatic heterocycles. The second kappa shape index (κ2) is 13.8. The molecule has 4 aliphatic carbocycles. The van der Waals surface area contributed by atoms with Crippen molar-refractivity contribution in [2.45, 2.75) is 50.4 Å². The molecule has 1 nitrogen and oxygen atoms in total. The Labute approximate surface area is 371 Å². The van der Waals surface area contributed by atoms with Gasteiger partial charge in [-0.2, -0.15) is 0 Å². The number of anilines is 3. The molecule has 2 bridgehead atoms. The summed E-state index contributed by atoms with van der Waals surface area (Å²) in [5.74, 6) is 1.53. The Balaban J connectivity index is 0.928. The van der Waals surface area contributed by atoms with Gasteiger partial charge in [0.05, 0.1) is 0 Å². The zero-order valence-corrected chi connectivity index (χ0v) is 36.0. The van der Waals surface area contributed by atoms with E-state index in [1.807, 2.05) is 0 Å². The Morgan fingerprint density at radius 1 is 0.397 bits per heavy atom. The smallest absolute Gasteiger partial charge is 0.0465 e. The van der Waals surface area contributed by atoms with Crippen molar-refractivity contribution < 1.29 is 0 Å². The third-order valence-electron chi connectivity index (χ3n) is 15.7. The Bertz CT molecular complexity index is 3280. The van der Waals surface area contributed by atoms with E-state index >= 15 is 0 Å². The predicted molar refractivity (Wildman–Crippen MR) is 264 cm³/mol. The Morgan fingerprint density at radius 3 is 1.67 bits per heavy atom. The average molecular weight is 808 g/mol. The van der Waals surface area contributed by atoms with Crippen LogP contribution in [-0.2, 0) is 10.8 Å². The topological polar surface area (TPSA) is 3.24 Å². The largest absolute Gasteiger partial charge is 0.310 e. The van der Waals surface area contributed by atoms with Crippen molar-refractivity contribution >= 4 is 27.8 Å². The van der Waals surface area contributed by atoms with E-state index in [0.29, 0.717) is 5.92 Å². The fraction of sp³-hybridized carbons (Fsp3) is 0.161. The van der Waals surface area contributed by atoms with Gasteiger partial charge in [-0.25, -0.2) is 0 Å². The van der Waals surface area contributed by atoms with E-state index in [-0.39, 0.29) is 10.8 Å². The van der Waals surface area contributed by atoms with Crippen LogP contribution in [0.1, 0.15) is 61.8 Å². The maximum Gasteiger partial charge on any atom is 0.0465 e. The minimum atomic E-state index is -0.0995. The molecule has 2 fully saturated rings. The van der Waals surface area contributed by atoms with Gasteiger partial charge in [-0.15, -0.1) is 0 Å². The van der Waals surface area contributed by atoms with Crippen LogP contribution in [0, 0.1) is 11.8 Å². The van der Waals surface area contributed by atoms with Crippen LogP contribution in [0.5, 0.6) is 0 Å². The first-order valence-electron chi connectivity index (χ1n) is 23.0. The summed E-state index contributed by atoms with van der Waals surface area (Å²) >= 11 is 0. The molecule has 3 atom stereocenters. The molecule has 0 saturated heterocycles. The van der Waals surface area contributed by atoms with E-state index in [2.05, 4.69) is 219 Å². The summed E-state index contributed by atoms with van der Waals surface area (Å²) in [6.07, 6.45) is 5.35. The van der Waals surface area contributed by atoms with Gasteiger partial charge in [0.1, 0.15) is 0 Å². The SMILES string of the molecule is CC1(C)c2ccccc2-c2cccc(-c3ccccc3-c3ccc(N(c4ccc(-c5ccc6ccccc6c5)cc4)c4ccc5c(c4)C4(CC6CCC4C6)c4ccccc4-5)cc3)c21. The normalized spacial score (nSPS) is 19.5. The van der Waals surface area contributed by atoms with Gasteiger partial charge >= 0.3 is 0 Å². The van der Waals surface area contributed by atoms with Crippen molar-refractivity contribution in [1.82, 2.24) is 0 Å². The number of fused-ring (bicyclic) bond motifs is 12. The highest BCUT2D eigenvalue weighted by molar-refractivity contribution is 5.94. The third kappa shape index (κ3) is 5.42. The Kier molecular flexibility index (Phi) is 8.02. The second-order valence-corrected chi connectivity index (χ2v) is 19.3. The van der Waals surface area contributed by atoms with Crippen molar-refractivity contribution in [3.63, 3.8) is 0 Å². The lowest BCUT2D eigenvalue weighted by atomic mass is 9.67. The van der Waals surface area contributed by atoms with E-state index in [9.17, 15) is 0 Å². The van der Waals surface area contributed by atoms with Crippen LogP contribution >= 0.6 is 0 Å². The molecule has 1 heteroatoms. The van der Waals surface area contributed by atoms with E-state index in [4.69, 9.17) is 0 Å². The summed E-state index contributed by atoms with van der Waals surface area (Å²) < 4.78 is 0. The molecule has 9 aromatic rings. The summed E-state index contributed by atoms with van der Waals surface area (Å²) in [6.45, 7) is 4.77. The first-order valence-corrected chi connectivity index (χ1v) is 23.0. The van der Waals surface area contributed by atoms with E-state index < -0.39 is 0 Å². The minimum Gasteiger partial charge on any atom is -0.310 e. The van der Waals surface area contributed by atoms with Crippen LogP contribution in [0.15, 0.2) is 200 Å². The van der Waals surface area contributed by atoms with E-state index in [0.717, 1.165) is 17.3 Å². The molecule has 0 aromatic heterocycles. The Hall–Kier alpha value is -6.96. The summed E-state index contributed by atoms with van der Waals surface area (Å²) in [5.41, 5.74) is 22.6. The monoisotopic (exact) mass is 807 g/mol. The maximum absolute atomic E-state index is 2.58. The molecule has 0 heterocycles. The first-order chi connectivity index (χ1) is 31.0. The van der Waals surface area contributed by atoms with Gasteiger partial charge in [0, 0.05) is 27.9 Å². The molecule has 2 saturated carbocycles. The zero-order valence-electron chi connectivity index (χ0n) is 36.0. The summed E-state index contributed by atoms with van der Waals surface area (Å²) in [5, 5.41) is 2.53. The molecule has 302 valence electrons. The van der Waals surface area contributed by atoms with Gasteiger partial charge in [-0.1, -0.05) is 178 Å². The van der Waals surface area contributed by atoms with Crippen LogP contribution in [0.3, 0.4) is 0 Å². The molecular formula is C62H49N. The zero-order chi connectivity index (χ0) is 41.9. The lowest BCUT2D eigenvalue weighted by Crippen LogP contribution is -2.32. The number of hydrogen-bond acceptors (Lipinski definition) is 1. The number of rotatable bonds is 6. The molecule has 0 N–H and O–H groups in total. The lowest BCUT2D eigenvalue weighted by Gasteiger charge is -2.37. The van der Waals surface area contributed by atoms with Gasteiger partial charge < -0.3 is 4.90 Å². The highest BCUT2D eigenvalue weighted by atomic mass is 15.1. The highest BCUT2D eigenvalue weighted by Gasteiger charge is 2.56. The van der Waals surface area contributed by atoms with Gasteiger partial charge in [0.25, 0.3) is 0 Å². The first kappa shape index (κ1) is 36.7. The quantitative estimate of drug-likeness (QED) is 0.162. The molecule has 13 rings (SSSR count). The lowest BCUT2D eigenvalue weighted by molar-refractivity contribution is 0.327. The molecule has 1 spiro atoms. The van der Waals surface area contributed by atoms with Crippen molar-refractivity contribution in [2.24, 2.45) is 11.8 Å². The van der Waals surface area contributed by atoms with E-state index in [1.165, 1.54) is 114 Å². The van der Waals surface area contributed by atoms with Crippen molar-refractivity contribution in [3.8, 4) is 55.6 Å². The molecule has 0 radical (unpaired) electrons. The third-order valence-corrected chi connectivity index (χ3v) is 15.7. The average Bonchev–Trinajstić information content (AvgIpc) is 4.09. The van der Waals surface area contributed by atoms with Crippen molar-refractivity contribution in [2.75, 3.05) is 4.90 Å². The number of hydrogen-bond donors (Lipinski definition) is 0. The standard InChI is InChI=1S/C62H49N/c1-61(2)57-20-9-7-17-53(57)56-19-11-18-55(60(56)61)51-15-6-5-14-50(51)43-27-32-48(33-28-43)63(47-30-25-42(26-31-47)45-24-23-41-12-3-4-13-44(41)37-45)49-34-35-54-52-16-8-10-21-58(52)62(59(54)38-49)39-40-22-29-46(62)36-40/h3-21,23-28,30-35,37-38,40,46H,22,29,36,39H2,1-2H3. The molecule has 63 heavy (non-hydrogen) atoms. The van der Waals surface area contributed by atoms with Crippen LogP contribution in [-0.4, -0.2) is 0 Å².